The summed E-state index contributed by atoms with van der Waals surface area (Å²) < 4.78 is 5.50. The van der Waals surface area contributed by atoms with E-state index in [1.165, 1.54) is 5.56 Å². The standard InChI is InChI=1S/C16H21NO2S/c18-16(10-17-8-6-15-7-9-20-13-15)12-19-11-14-4-2-1-3-5-14/h1-5,7,9,13,16-18H,6,8,10-12H2. The predicted molar refractivity (Wildman–Crippen MR) is 83.0 cm³/mol. The molecule has 1 atom stereocenters. The summed E-state index contributed by atoms with van der Waals surface area (Å²) in [5, 5.41) is 17.3. The number of thiophene rings is 1. The van der Waals surface area contributed by atoms with Crippen LogP contribution in [-0.4, -0.2) is 30.9 Å². The van der Waals surface area contributed by atoms with E-state index in [1.54, 1.807) is 11.3 Å². The van der Waals surface area contributed by atoms with Gasteiger partial charge in [0.25, 0.3) is 0 Å². The molecule has 0 spiro atoms. The van der Waals surface area contributed by atoms with Crippen LogP contribution in [0.15, 0.2) is 47.2 Å². The summed E-state index contributed by atoms with van der Waals surface area (Å²) in [4.78, 5) is 0. The Labute approximate surface area is 124 Å². The highest BCUT2D eigenvalue weighted by Gasteiger charge is 2.04. The number of ether oxygens (including phenoxy) is 1. The number of aliphatic hydroxyl groups excluding tert-OH is 1. The van der Waals surface area contributed by atoms with Crippen LogP contribution < -0.4 is 5.32 Å². The van der Waals surface area contributed by atoms with E-state index in [-0.39, 0.29) is 0 Å². The maximum Gasteiger partial charge on any atom is 0.0897 e. The van der Waals surface area contributed by atoms with Gasteiger partial charge in [-0.05, 0) is 40.9 Å². The molecule has 1 aromatic heterocycles. The molecule has 0 aliphatic rings. The van der Waals surface area contributed by atoms with Crippen molar-refractivity contribution < 1.29 is 9.84 Å². The Morgan fingerprint density at radius 2 is 2.00 bits per heavy atom. The minimum absolute atomic E-state index is 0.361. The van der Waals surface area contributed by atoms with Crippen LogP contribution in [-0.2, 0) is 17.8 Å². The highest BCUT2D eigenvalue weighted by atomic mass is 32.1. The third kappa shape index (κ3) is 5.84. The summed E-state index contributed by atoms with van der Waals surface area (Å²) >= 11 is 1.72. The summed E-state index contributed by atoms with van der Waals surface area (Å²) in [6.45, 7) is 2.36. The maximum atomic E-state index is 9.80. The molecule has 2 N–H and O–H groups in total. The quantitative estimate of drug-likeness (QED) is 0.697. The zero-order valence-corrected chi connectivity index (χ0v) is 12.3. The number of nitrogens with one attached hydrogen (secondary N) is 1. The molecule has 0 fully saturated rings. The van der Waals surface area contributed by atoms with E-state index < -0.39 is 6.10 Å². The van der Waals surface area contributed by atoms with Gasteiger partial charge in [-0.15, -0.1) is 0 Å². The molecule has 3 nitrogen and oxygen atoms in total. The third-order valence-corrected chi connectivity index (χ3v) is 3.70. The summed E-state index contributed by atoms with van der Waals surface area (Å²) in [7, 11) is 0. The molecular weight excluding hydrogens is 270 g/mol. The number of hydrogen-bond acceptors (Lipinski definition) is 4. The van der Waals surface area contributed by atoms with Crippen LogP contribution in [0, 0.1) is 0 Å². The van der Waals surface area contributed by atoms with Gasteiger partial charge < -0.3 is 15.2 Å². The van der Waals surface area contributed by atoms with E-state index >= 15 is 0 Å². The predicted octanol–water partition coefficient (Wildman–Crippen LogP) is 2.46. The SMILES string of the molecule is OC(CNCCc1ccsc1)COCc1ccccc1. The molecule has 4 heteroatoms. The number of hydrogen-bond donors (Lipinski definition) is 2. The summed E-state index contributed by atoms with van der Waals surface area (Å²) in [6, 6.07) is 12.1. The highest BCUT2D eigenvalue weighted by Crippen LogP contribution is 2.05. The minimum atomic E-state index is -0.457. The van der Waals surface area contributed by atoms with Crippen molar-refractivity contribution in [2.24, 2.45) is 0 Å². The summed E-state index contributed by atoms with van der Waals surface area (Å²) in [5.41, 5.74) is 2.47. The molecule has 2 aromatic rings. The Kier molecular flexibility index (Phi) is 6.74. The van der Waals surface area contributed by atoms with Crippen molar-refractivity contribution in [1.29, 1.82) is 0 Å². The largest absolute Gasteiger partial charge is 0.389 e. The lowest BCUT2D eigenvalue weighted by atomic mass is 10.2. The lowest BCUT2D eigenvalue weighted by Gasteiger charge is -2.12. The van der Waals surface area contributed by atoms with Gasteiger partial charge in [-0.25, -0.2) is 0 Å². The normalized spacial score (nSPS) is 12.4. The monoisotopic (exact) mass is 291 g/mol. The van der Waals surface area contributed by atoms with Crippen LogP contribution in [0.4, 0.5) is 0 Å². The van der Waals surface area contributed by atoms with Crippen molar-refractivity contribution >= 4 is 11.3 Å². The lowest BCUT2D eigenvalue weighted by molar-refractivity contribution is 0.0290. The molecule has 0 saturated heterocycles. The van der Waals surface area contributed by atoms with Gasteiger partial charge in [-0.1, -0.05) is 30.3 Å². The molecule has 2 rings (SSSR count). The van der Waals surface area contributed by atoms with Crippen molar-refractivity contribution in [3.8, 4) is 0 Å². The average molecular weight is 291 g/mol. The van der Waals surface area contributed by atoms with Gasteiger partial charge in [0, 0.05) is 6.54 Å². The topological polar surface area (TPSA) is 41.5 Å². The molecule has 0 aliphatic carbocycles. The molecule has 1 aromatic carbocycles. The fourth-order valence-corrected chi connectivity index (χ4v) is 2.59. The van der Waals surface area contributed by atoms with Gasteiger partial charge >= 0.3 is 0 Å². The summed E-state index contributed by atoms with van der Waals surface area (Å²) in [6.07, 6.45) is 0.544. The summed E-state index contributed by atoms with van der Waals surface area (Å²) in [5.74, 6) is 0. The van der Waals surface area contributed by atoms with Crippen LogP contribution in [0.2, 0.25) is 0 Å². The van der Waals surface area contributed by atoms with E-state index in [9.17, 15) is 5.11 Å². The van der Waals surface area contributed by atoms with Crippen LogP contribution in [0.5, 0.6) is 0 Å². The minimum Gasteiger partial charge on any atom is -0.389 e. The van der Waals surface area contributed by atoms with Gasteiger partial charge in [-0.2, -0.15) is 11.3 Å². The van der Waals surface area contributed by atoms with Crippen molar-refractivity contribution in [1.82, 2.24) is 5.32 Å². The van der Waals surface area contributed by atoms with E-state index in [1.807, 2.05) is 30.3 Å². The van der Waals surface area contributed by atoms with E-state index in [4.69, 9.17) is 4.74 Å². The zero-order chi connectivity index (χ0) is 14.0. The number of aliphatic hydroxyl groups is 1. The first-order chi connectivity index (χ1) is 9.84. The second-order valence-corrected chi connectivity index (χ2v) is 5.52. The Balaban J connectivity index is 1.51. The Morgan fingerprint density at radius 3 is 2.75 bits per heavy atom. The lowest BCUT2D eigenvalue weighted by Crippen LogP contribution is -2.31. The van der Waals surface area contributed by atoms with Gasteiger partial charge in [-0.3, -0.25) is 0 Å². The van der Waals surface area contributed by atoms with E-state index in [0.717, 1.165) is 18.5 Å². The van der Waals surface area contributed by atoms with Crippen molar-refractivity contribution in [3.63, 3.8) is 0 Å². The molecule has 1 heterocycles. The molecule has 0 bridgehead atoms. The third-order valence-electron chi connectivity index (χ3n) is 2.97. The van der Waals surface area contributed by atoms with Gasteiger partial charge in [0.2, 0.25) is 0 Å². The smallest absolute Gasteiger partial charge is 0.0897 e. The Bertz CT molecular complexity index is 459. The zero-order valence-electron chi connectivity index (χ0n) is 11.5. The second kappa shape index (κ2) is 8.87. The highest BCUT2D eigenvalue weighted by molar-refractivity contribution is 7.07. The van der Waals surface area contributed by atoms with Crippen molar-refractivity contribution in [2.45, 2.75) is 19.1 Å². The van der Waals surface area contributed by atoms with Crippen LogP contribution >= 0.6 is 11.3 Å². The first-order valence-electron chi connectivity index (χ1n) is 6.86. The van der Waals surface area contributed by atoms with Crippen molar-refractivity contribution in [2.75, 3.05) is 19.7 Å². The van der Waals surface area contributed by atoms with Crippen LogP contribution in [0.25, 0.3) is 0 Å². The molecule has 1 unspecified atom stereocenters. The fraction of sp³-hybridized carbons (Fsp3) is 0.375. The van der Waals surface area contributed by atoms with Gasteiger partial charge in [0.15, 0.2) is 0 Å². The molecular formula is C16H21NO2S. The van der Waals surface area contributed by atoms with Crippen LogP contribution in [0.1, 0.15) is 11.1 Å². The average Bonchev–Trinajstić information content (AvgIpc) is 2.98. The van der Waals surface area contributed by atoms with Gasteiger partial charge in [0.05, 0.1) is 19.3 Å². The Morgan fingerprint density at radius 1 is 1.15 bits per heavy atom. The number of rotatable bonds is 9. The fourth-order valence-electron chi connectivity index (χ4n) is 1.88. The van der Waals surface area contributed by atoms with Crippen LogP contribution in [0.3, 0.4) is 0 Å². The second-order valence-electron chi connectivity index (χ2n) is 4.74. The number of benzene rings is 1. The molecule has 0 aliphatic heterocycles. The maximum absolute atomic E-state index is 9.80. The molecule has 0 radical (unpaired) electrons. The molecule has 0 amide bonds. The first kappa shape index (κ1) is 15.2. The molecule has 108 valence electrons. The van der Waals surface area contributed by atoms with E-state index in [2.05, 4.69) is 22.1 Å². The van der Waals surface area contributed by atoms with E-state index in [0.29, 0.717) is 19.8 Å². The van der Waals surface area contributed by atoms with Gasteiger partial charge in [0.1, 0.15) is 0 Å². The molecule has 0 saturated carbocycles. The van der Waals surface area contributed by atoms with Crippen molar-refractivity contribution in [3.05, 3.63) is 58.3 Å². The Hall–Kier alpha value is -1.20. The first-order valence-corrected chi connectivity index (χ1v) is 7.80. The molecule has 20 heavy (non-hydrogen) atoms.